The third-order valence-electron chi connectivity index (χ3n) is 2.22. The molecule has 0 unspecified atom stereocenters. The maximum atomic E-state index is 11.8. The Morgan fingerprint density at radius 1 is 1.47 bits per heavy atom. The van der Waals surface area contributed by atoms with Crippen LogP contribution in [0.5, 0.6) is 5.75 Å². The summed E-state index contributed by atoms with van der Waals surface area (Å²) >= 11 is 0. The second-order valence-corrected chi connectivity index (χ2v) is 3.11. The molecule has 0 amide bonds. The lowest BCUT2D eigenvalue weighted by atomic mass is 10.2. The highest BCUT2D eigenvalue weighted by Gasteiger charge is 2.06. The van der Waals surface area contributed by atoms with Crippen LogP contribution in [-0.4, -0.2) is 12.2 Å². The van der Waals surface area contributed by atoms with Gasteiger partial charge in [0.05, 0.1) is 24.7 Å². The maximum Gasteiger partial charge on any atom is 0.198 e. The topological polar surface area (TPSA) is 59.7 Å². The third-order valence-corrected chi connectivity index (χ3v) is 2.22. The van der Waals surface area contributed by atoms with Crippen molar-refractivity contribution in [2.24, 2.45) is 0 Å². The van der Waals surface area contributed by atoms with Gasteiger partial charge in [-0.1, -0.05) is 0 Å². The average molecular weight is 206 g/mol. The molecule has 0 radical (unpaired) electrons. The first-order valence-electron chi connectivity index (χ1n) is 4.45. The van der Waals surface area contributed by atoms with Gasteiger partial charge in [0, 0.05) is 0 Å². The fraction of sp³-hybridized carbons (Fsp3) is 0.182. The van der Waals surface area contributed by atoms with Crippen LogP contribution in [0.25, 0.3) is 11.0 Å². The van der Waals surface area contributed by atoms with Crippen LogP contribution in [0.2, 0.25) is 0 Å². The number of aliphatic hydroxyl groups is 1. The molecule has 0 atom stereocenters. The summed E-state index contributed by atoms with van der Waals surface area (Å²) in [5.74, 6) is 0.588. The van der Waals surface area contributed by atoms with E-state index >= 15 is 0 Å². The SMILES string of the molecule is COc1ccc2occ(CO)c(=O)c2c1. The van der Waals surface area contributed by atoms with Crippen LogP contribution in [-0.2, 0) is 6.61 Å². The summed E-state index contributed by atoms with van der Waals surface area (Å²) in [5, 5.41) is 9.33. The van der Waals surface area contributed by atoms with Gasteiger partial charge in [-0.3, -0.25) is 4.79 Å². The van der Waals surface area contributed by atoms with E-state index in [2.05, 4.69) is 0 Å². The van der Waals surface area contributed by atoms with E-state index in [9.17, 15) is 4.79 Å². The first kappa shape index (κ1) is 9.73. The first-order valence-corrected chi connectivity index (χ1v) is 4.45. The van der Waals surface area contributed by atoms with Gasteiger partial charge in [0.25, 0.3) is 0 Å². The lowest BCUT2D eigenvalue weighted by molar-refractivity contribution is 0.277. The monoisotopic (exact) mass is 206 g/mol. The minimum absolute atomic E-state index is 0.224. The zero-order chi connectivity index (χ0) is 10.8. The number of methoxy groups -OCH3 is 1. The number of ether oxygens (including phenoxy) is 1. The number of hydrogen-bond acceptors (Lipinski definition) is 4. The number of fused-ring (bicyclic) bond motifs is 1. The van der Waals surface area contributed by atoms with Crippen LogP contribution in [0.1, 0.15) is 5.56 Å². The van der Waals surface area contributed by atoms with Gasteiger partial charge >= 0.3 is 0 Å². The van der Waals surface area contributed by atoms with Crippen molar-refractivity contribution in [2.45, 2.75) is 6.61 Å². The molecule has 0 saturated carbocycles. The molecule has 1 aromatic heterocycles. The number of rotatable bonds is 2. The first-order chi connectivity index (χ1) is 7.26. The van der Waals surface area contributed by atoms with Gasteiger partial charge < -0.3 is 14.3 Å². The molecule has 1 aromatic carbocycles. The maximum absolute atomic E-state index is 11.8. The molecular formula is C11H10O4. The molecule has 2 aromatic rings. The van der Waals surface area contributed by atoms with E-state index in [1.54, 1.807) is 18.2 Å². The Morgan fingerprint density at radius 2 is 2.27 bits per heavy atom. The number of aliphatic hydroxyl groups excluding tert-OH is 1. The molecule has 0 fully saturated rings. The van der Waals surface area contributed by atoms with Crippen molar-refractivity contribution in [1.29, 1.82) is 0 Å². The lowest BCUT2D eigenvalue weighted by Gasteiger charge is -2.02. The third kappa shape index (κ3) is 1.59. The fourth-order valence-corrected chi connectivity index (χ4v) is 1.39. The average Bonchev–Trinajstić information content (AvgIpc) is 2.29. The molecule has 1 heterocycles. The second kappa shape index (κ2) is 3.74. The minimum atomic E-state index is -0.324. The minimum Gasteiger partial charge on any atom is -0.497 e. The smallest absolute Gasteiger partial charge is 0.198 e. The summed E-state index contributed by atoms with van der Waals surface area (Å²) in [7, 11) is 1.53. The molecule has 0 aliphatic carbocycles. The number of benzene rings is 1. The normalized spacial score (nSPS) is 10.5. The van der Waals surface area contributed by atoms with E-state index in [1.165, 1.54) is 13.4 Å². The molecule has 4 nitrogen and oxygen atoms in total. The molecule has 0 aliphatic rings. The van der Waals surface area contributed by atoms with E-state index in [4.69, 9.17) is 14.3 Å². The van der Waals surface area contributed by atoms with Crippen molar-refractivity contribution in [3.63, 3.8) is 0 Å². The molecule has 0 spiro atoms. The van der Waals surface area contributed by atoms with Crippen LogP contribution < -0.4 is 10.2 Å². The van der Waals surface area contributed by atoms with Crippen molar-refractivity contribution in [2.75, 3.05) is 7.11 Å². The molecule has 78 valence electrons. The summed E-state index contributed by atoms with van der Waals surface area (Å²) in [5.41, 5.74) is 0.506. The molecule has 15 heavy (non-hydrogen) atoms. The zero-order valence-electron chi connectivity index (χ0n) is 8.19. The predicted octanol–water partition coefficient (Wildman–Crippen LogP) is 1.29. The summed E-state index contributed by atoms with van der Waals surface area (Å²) in [6.07, 6.45) is 1.27. The van der Waals surface area contributed by atoms with Crippen molar-refractivity contribution < 1.29 is 14.3 Å². The van der Waals surface area contributed by atoms with E-state index in [0.717, 1.165) is 0 Å². The highest BCUT2D eigenvalue weighted by molar-refractivity contribution is 5.78. The van der Waals surface area contributed by atoms with Crippen molar-refractivity contribution in [1.82, 2.24) is 0 Å². The van der Waals surface area contributed by atoms with Crippen LogP contribution >= 0.6 is 0 Å². The van der Waals surface area contributed by atoms with Crippen LogP contribution in [0.3, 0.4) is 0 Å². The Morgan fingerprint density at radius 3 is 2.93 bits per heavy atom. The fourth-order valence-electron chi connectivity index (χ4n) is 1.39. The summed E-state index contributed by atoms with van der Waals surface area (Å²) < 4.78 is 10.2. The summed E-state index contributed by atoms with van der Waals surface area (Å²) in [6.45, 7) is -0.324. The molecule has 0 bridgehead atoms. The Kier molecular flexibility index (Phi) is 2.43. The van der Waals surface area contributed by atoms with Crippen LogP contribution in [0, 0.1) is 0 Å². The van der Waals surface area contributed by atoms with Crippen LogP contribution in [0.15, 0.2) is 33.7 Å². The summed E-state index contributed by atoms with van der Waals surface area (Å²) in [6, 6.07) is 4.97. The van der Waals surface area contributed by atoms with E-state index in [1.807, 2.05) is 0 Å². The molecule has 2 rings (SSSR count). The Balaban J connectivity index is 2.78. The standard InChI is InChI=1S/C11H10O4/c1-14-8-2-3-10-9(4-8)11(13)7(5-12)6-15-10/h2-4,6,12H,5H2,1H3. The van der Waals surface area contributed by atoms with Gasteiger partial charge in [-0.25, -0.2) is 0 Å². The highest BCUT2D eigenvalue weighted by Crippen LogP contribution is 2.18. The van der Waals surface area contributed by atoms with Crippen molar-refractivity contribution >= 4 is 11.0 Å². The van der Waals surface area contributed by atoms with Crippen molar-refractivity contribution in [3.8, 4) is 5.75 Å². The highest BCUT2D eigenvalue weighted by atomic mass is 16.5. The second-order valence-electron chi connectivity index (χ2n) is 3.11. The Labute approximate surface area is 85.7 Å². The van der Waals surface area contributed by atoms with Gasteiger partial charge in [0.1, 0.15) is 17.6 Å². The van der Waals surface area contributed by atoms with E-state index < -0.39 is 0 Å². The van der Waals surface area contributed by atoms with Crippen molar-refractivity contribution in [3.05, 3.63) is 40.2 Å². The van der Waals surface area contributed by atoms with Gasteiger partial charge in [-0.15, -0.1) is 0 Å². The largest absolute Gasteiger partial charge is 0.497 e. The molecule has 4 heteroatoms. The molecule has 1 N–H and O–H groups in total. The Bertz CT molecular complexity index is 537. The number of hydrogen-bond donors (Lipinski definition) is 1. The predicted molar refractivity (Wildman–Crippen MR) is 55.0 cm³/mol. The van der Waals surface area contributed by atoms with E-state index in [0.29, 0.717) is 16.7 Å². The zero-order valence-corrected chi connectivity index (χ0v) is 8.19. The van der Waals surface area contributed by atoms with Gasteiger partial charge in [-0.05, 0) is 18.2 Å². The van der Waals surface area contributed by atoms with Gasteiger partial charge in [0.15, 0.2) is 5.43 Å². The molecule has 0 saturated heterocycles. The molecular weight excluding hydrogens is 196 g/mol. The van der Waals surface area contributed by atoms with Crippen LogP contribution in [0.4, 0.5) is 0 Å². The molecule has 0 aliphatic heterocycles. The van der Waals surface area contributed by atoms with E-state index in [-0.39, 0.29) is 17.6 Å². The lowest BCUT2D eigenvalue weighted by Crippen LogP contribution is -2.08. The van der Waals surface area contributed by atoms with Gasteiger partial charge in [-0.2, -0.15) is 0 Å². The van der Waals surface area contributed by atoms with Gasteiger partial charge in [0.2, 0.25) is 0 Å². The summed E-state index contributed by atoms with van der Waals surface area (Å²) in [4.78, 5) is 11.8. The quantitative estimate of drug-likeness (QED) is 0.804. The Hall–Kier alpha value is -1.81.